The number of amides is 2. The van der Waals surface area contributed by atoms with Crippen LogP contribution >= 0.6 is 0 Å². The van der Waals surface area contributed by atoms with Gasteiger partial charge >= 0.3 is 0 Å². The van der Waals surface area contributed by atoms with Gasteiger partial charge in [0.2, 0.25) is 11.8 Å². The van der Waals surface area contributed by atoms with E-state index >= 15 is 0 Å². The van der Waals surface area contributed by atoms with Gasteiger partial charge in [-0.25, -0.2) is 0 Å². The van der Waals surface area contributed by atoms with Crippen molar-refractivity contribution >= 4 is 11.8 Å². The molecule has 0 bridgehead atoms. The van der Waals surface area contributed by atoms with Crippen LogP contribution in [0.25, 0.3) is 0 Å². The van der Waals surface area contributed by atoms with Crippen molar-refractivity contribution in [3.63, 3.8) is 0 Å². The molecule has 0 unspecified atom stereocenters. The molecule has 0 aromatic heterocycles. The van der Waals surface area contributed by atoms with Gasteiger partial charge in [-0.15, -0.1) is 0 Å². The Morgan fingerprint density at radius 1 is 1.12 bits per heavy atom. The lowest BCUT2D eigenvalue weighted by molar-refractivity contribution is -0.132. The first-order chi connectivity index (χ1) is 7.51. The van der Waals surface area contributed by atoms with E-state index in [0.29, 0.717) is 13.1 Å². The molecule has 0 aliphatic carbocycles. The summed E-state index contributed by atoms with van der Waals surface area (Å²) in [6.07, 6.45) is 0. The summed E-state index contributed by atoms with van der Waals surface area (Å²) in [7, 11) is 0. The van der Waals surface area contributed by atoms with Crippen LogP contribution in [0, 0.1) is 0 Å². The number of nitrogens with one attached hydrogen (secondary N) is 2. The molecule has 0 aromatic rings. The van der Waals surface area contributed by atoms with Gasteiger partial charge in [0.05, 0.1) is 13.1 Å². The molecule has 0 radical (unpaired) electrons. The highest BCUT2D eigenvalue weighted by Crippen LogP contribution is 1.87. The summed E-state index contributed by atoms with van der Waals surface area (Å²) in [6.45, 7) is 9.46. The molecular formula is C11H23N3O2. The van der Waals surface area contributed by atoms with Crippen molar-refractivity contribution in [2.75, 3.05) is 26.2 Å². The van der Waals surface area contributed by atoms with E-state index in [1.165, 1.54) is 0 Å². The Balaban J connectivity index is 3.78. The minimum absolute atomic E-state index is 0.0390. The van der Waals surface area contributed by atoms with E-state index in [-0.39, 0.29) is 30.9 Å². The first-order valence-electron chi connectivity index (χ1n) is 5.79. The maximum atomic E-state index is 11.5. The van der Waals surface area contributed by atoms with E-state index in [1.807, 2.05) is 27.7 Å². The van der Waals surface area contributed by atoms with E-state index in [4.69, 9.17) is 0 Å². The Kier molecular flexibility index (Phi) is 7.54. The van der Waals surface area contributed by atoms with Gasteiger partial charge < -0.3 is 15.5 Å². The predicted molar refractivity (Wildman–Crippen MR) is 64.1 cm³/mol. The van der Waals surface area contributed by atoms with E-state index in [1.54, 1.807) is 4.90 Å². The van der Waals surface area contributed by atoms with Crippen molar-refractivity contribution in [3.05, 3.63) is 0 Å². The number of rotatable bonds is 7. The van der Waals surface area contributed by atoms with Gasteiger partial charge in [0, 0.05) is 19.1 Å². The molecular weight excluding hydrogens is 206 g/mol. The van der Waals surface area contributed by atoms with Crippen LogP contribution in [0.4, 0.5) is 0 Å². The topological polar surface area (TPSA) is 61.4 Å². The zero-order valence-corrected chi connectivity index (χ0v) is 10.7. The number of nitrogens with zero attached hydrogens (tertiary/aromatic N) is 1. The van der Waals surface area contributed by atoms with Gasteiger partial charge in [0.1, 0.15) is 0 Å². The average Bonchev–Trinajstić information content (AvgIpc) is 2.25. The van der Waals surface area contributed by atoms with E-state index in [9.17, 15) is 9.59 Å². The van der Waals surface area contributed by atoms with Crippen molar-refractivity contribution in [2.24, 2.45) is 0 Å². The molecule has 2 N–H and O–H groups in total. The van der Waals surface area contributed by atoms with Crippen LogP contribution < -0.4 is 10.6 Å². The van der Waals surface area contributed by atoms with Crippen LogP contribution in [0.15, 0.2) is 0 Å². The number of hydrogen-bond donors (Lipinski definition) is 2. The number of likely N-dealkylation sites (N-methyl/N-ethyl adjacent to an activating group) is 1. The first-order valence-corrected chi connectivity index (χ1v) is 5.79. The van der Waals surface area contributed by atoms with E-state index in [2.05, 4.69) is 10.6 Å². The number of carbonyl (C=O) groups is 2. The van der Waals surface area contributed by atoms with Gasteiger partial charge in [-0.1, -0.05) is 13.8 Å². The third-order valence-electron chi connectivity index (χ3n) is 2.22. The molecule has 94 valence electrons. The molecule has 0 heterocycles. The van der Waals surface area contributed by atoms with E-state index in [0.717, 1.165) is 0 Å². The molecule has 0 aliphatic heterocycles. The van der Waals surface area contributed by atoms with Gasteiger partial charge in [0.25, 0.3) is 0 Å². The highest BCUT2D eigenvalue weighted by Gasteiger charge is 2.10. The molecule has 0 saturated carbocycles. The SMILES string of the molecule is CCN(CC)C(=O)CNC(=O)CNC(C)C. The lowest BCUT2D eigenvalue weighted by Gasteiger charge is -2.18. The fourth-order valence-corrected chi connectivity index (χ4v) is 1.22. The second kappa shape index (κ2) is 8.10. The van der Waals surface area contributed by atoms with Gasteiger partial charge in [-0.05, 0) is 13.8 Å². The Hall–Kier alpha value is -1.10. The summed E-state index contributed by atoms with van der Waals surface area (Å²) < 4.78 is 0. The van der Waals surface area contributed by atoms with Crippen LogP contribution in [0.3, 0.4) is 0 Å². The van der Waals surface area contributed by atoms with Crippen molar-refractivity contribution in [3.8, 4) is 0 Å². The minimum atomic E-state index is -0.144. The zero-order chi connectivity index (χ0) is 12.6. The smallest absolute Gasteiger partial charge is 0.241 e. The second-order valence-corrected chi connectivity index (χ2v) is 3.88. The molecule has 2 amide bonds. The molecule has 16 heavy (non-hydrogen) atoms. The van der Waals surface area contributed by atoms with Crippen molar-refractivity contribution < 1.29 is 9.59 Å². The quantitative estimate of drug-likeness (QED) is 0.644. The summed E-state index contributed by atoms with van der Waals surface area (Å²) in [5, 5.41) is 5.58. The summed E-state index contributed by atoms with van der Waals surface area (Å²) in [5.74, 6) is -0.183. The second-order valence-electron chi connectivity index (χ2n) is 3.88. The fraction of sp³-hybridized carbons (Fsp3) is 0.818. The largest absolute Gasteiger partial charge is 0.346 e. The summed E-state index contributed by atoms with van der Waals surface area (Å²) in [4.78, 5) is 24.5. The molecule has 0 aliphatic rings. The van der Waals surface area contributed by atoms with Gasteiger partial charge in [-0.2, -0.15) is 0 Å². The van der Waals surface area contributed by atoms with Crippen molar-refractivity contribution in [2.45, 2.75) is 33.7 Å². The van der Waals surface area contributed by atoms with Crippen molar-refractivity contribution in [1.29, 1.82) is 0 Å². The standard InChI is InChI=1S/C11H23N3O2/c1-5-14(6-2)11(16)8-13-10(15)7-12-9(3)4/h9,12H,5-8H2,1-4H3,(H,13,15). The Labute approximate surface area is 97.6 Å². The molecule has 0 saturated heterocycles. The van der Waals surface area contributed by atoms with Crippen LogP contribution in [-0.2, 0) is 9.59 Å². The summed E-state index contributed by atoms with van der Waals surface area (Å²) >= 11 is 0. The third kappa shape index (κ3) is 6.40. The summed E-state index contributed by atoms with van der Waals surface area (Å²) in [6, 6.07) is 0.268. The molecule has 0 rings (SSSR count). The fourth-order valence-electron chi connectivity index (χ4n) is 1.22. The van der Waals surface area contributed by atoms with E-state index < -0.39 is 0 Å². The Bertz CT molecular complexity index is 225. The number of carbonyl (C=O) groups excluding carboxylic acids is 2. The van der Waals surface area contributed by atoms with Crippen LogP contribution in [0.2, 0.25) is 0 Å². The van der Waals surface area contributed by atoms with Crippen LogP contribution in [-0.4, -0.2) is 48.9 Å². The first kappa shape index (κ1) is 14.9. The maximum Gasteiger partial charge on any atom is 0.241 e. The minimum Gasteiger partial charge on any atom is -0.346 e. The normalized spacial score (nSPS) is 10.3. The third-order valence-corrected chi connectivity index (χ3v) is 2.22. The monoisotopic (exact) mass is 229 g/mol. The molecule has 5 heteroatoms. The predicted octanol–water partition coefficient (Wildman–Crippen LogP) is -0.0310. The summed E-state index contributed by atoms with van der Waals surface area (Å²) in [5.41, 5.74) is 0. The van der Waals surface area contributed by atoms with Gasteiger partial charge in [-0.3, -0.25) is 9.59 Å². The van der Waals surface area contributed by atoms with Gasteiger partial charge in [0.15, 0.2) is 0 Å². The highest BCUT2D eigenvalue weighted by atomic mass is 16.2. The lowest BCUT2D eigenvalue weighted by atomic mass is 10.4. The Morgan fingerprint density at radius 3 is 2.12 bits per heavy atom. The molecule has 0 spiro atoms. The average molecular weight is 229 g/mol. The Morgan fingerprint density at radius 2 is 1.69 bits per heavy atom. The highest BCUT2D eigenvalue weighted by molar-refractivity contribution is 5.85. The lowest BCUT2D eigenvalue weighted by Crippen LogP contribution is -2.43. The number of hydrogen-bond acceptors (Lipinski definition) is 3. The van der Waals surface area contributed by atoms with Crippen LogP contribution in [0.1, 0.15) is 27.7 Å². The molecule has 0 atom stereocenters. The zero-order valence-electron chi connectivity index (χ0n) is 10.7. The maximum absolute atomic E-state index is 11.5. The van der Waals surface area contributed by atoms with Crippen molar-refractivity contribution in [1.82, 2.24) is 15.5 Å². The molecule has 0 fully saturated rings. The van der Waals surface area contributed by atoms with Crippen LogP contribution in [0.5, 0.6) is 0 Å². The molecule has 0 aromatic carbocycles. The molecule has 5 nitrogen and oxygen atoms in total.